The van der Waals surface area contributed by atoms with E-state index in [1.165, 1.54) is 24.0 Å². The Morgan fingerprint density at radius 1 is 1.48 bits per heavy atom. The molecule has 1 atom stereocenters. The summed E-state index contributed by atoms with van der Waals surface area (Å²) in [6, 6.07) is 2.76. The third-order valence-corrected chi connectivity index (χ3v) is 3.76. The Bertz CT molecular complexity index is 562. The van der Waals surface area contributed by atoms with Crippen molar-refractivity contribution >= 4 is 11.8 Å². The number of rotatable bonds is 3. The maximum Gasteiger partial charge on any atom is 0.419 e. The molecule has 5 nitrogen and oxygen atoms in total. The van der Waals surface area contributed by atoms with Crippen molar-refractivity contribution in [2.45, 2.75) is 25.1 Å². The highest BCUT2D eigenvalue weighted by molar-refractivity contribution is 5.89. The van der Waals surface area contributed by atoms with Crippen LogP contribution in [0.4, 0.5) is 19.0 Å². The first-order chi connectivity index (χ1) is 9.70. The molecule has 0 spiro atoms. The molecule has 116 valence electrons. The molecule has 1 aromatic rings. The fourth-order valence-corrected chi connectivity index (χ4v) is 2.44. The van der Waals surface area contributed by atoms with E-state index in [9.17, 15) is 18.0 Å². The number of aromatic nitrogens is 1. The Kier molecular flexibility index (Phi) is 3.83. The smallest absolute Gasteiger partial charge is 0.419 e. The number of anilines is 1. The van der Waals surface area contributed by atoms with Gasteiger partial charge in [-0.15, -0.1) is 0 Å². The van der Waals surface area contributed by atoms with Crippen molar-refractivity contribution in [2.24, 2.45) is 0 Å². The van der Waals surface area contributed by atoms with E-state index in [1.54, 1.807) is 0 Å². The molecule has 0 saturated carbocycles. The summed E-state index contributed by atoms with van der Waals surface area (Å²) in [6.07, 6.45) is -4.65. The number of carboxylic acid groups (broad SMARTS) is 1. The number of aryl methyl sites for hydroxylation is 1. The lowest BCUT2D eigenvalue weighted by Gasteiger charge is -2.30. The summed E-state index contributed by atoms with van der Waals surface area (Å²) >= 11 is 0. The molecule has 0 aromatic carbocycles. The van der Waals surface area contributed by atoms with Crippen molar-refractivity contribution < 1.29 is 27.8 Å². The van der Waals surface area contributed by atoms with Crippen LogP contribution in [-0.2, 0) is 4.74 Å². The minimum absolute atomic E-state index is 0.0340. The lowest BCUT2D eigenvalue weighted by molar-refractivity contribution is -0.260. The van der Waals surface area contributed by atoms with Gasteiger partial charge in [0.15, 0.2) is 5.60 Å². The Hall–Kier alpha value is -1.83. The van der Waals surface area contributed by atoms with Crippen LogP contribution < -0.4 is 4.90 Å². The highest BCUT2D eigenvalue weighted by Crippen LogP contribution is 2.41. The number of carbonyl (C=O) groups is 1. The van der Waals surface area contributed by atoms with E-state index in [0.29, 0.717) is 5.82 Å². The molecular formula is C13H15F3N2O3. The van der Waals surface area contributed by atoms with Gasteiger partial charge in [-0.3, -0.25) is 0 Å². The average Bonchev–Trinajstić information content (AvgIpc) is 2.83. The summed E-state index contributed by atoms with van der Waals surface area (Å²) in [5, 5.41) is 8.93. The molecule has 0 aliphatic carbocycles. The maximum atomic E-state index is 13.1. The summed E-state index contributed by atoms with van der Waals surface area (Å²) in [5.74, 6) is -0.796. The fourth-order valence-electron chi connectivity index (χ4n) is 2.44. The Morgan fingerprint density at radius 3 is 2.57 bits per heavy atom. The molecule has 1 fully saturated rings. The van der Waals surface area contributed by atoms with E-state index in [4.69, 9.17) is 9.84 Å². The van der Waals surface area contributed by atoms with Gasteiger partial charge in [0.1, 0.15) is 5.82 Å². The molecule has 0 amide bonds. The van der Waals surface area contributed by atoms with E-state index in [1.807, 2.05) is 0 Å². The van der Waals surface area contributed by atoms with Gasteiger partial charge in [0.05, 0.1) is 17.8 Å². The zero-order chi connectivity index (χ0) is 15.8. The number of alkyl halides is 3. The molecule has 2 heterocycles. The lowest BCUT2D eigenvalue weighted by Crippen LogP contribution is -2.49. The third-order valence-electron chi connectivity index (χ3n) is 3.76. The molecule has 1 aliphatic heterocycles. The van der Waals surface area contributed by atoms with Crippen LogP contribution in [0.15, 0.2) is 12.1 Å². The molecule has 8 heteroatoms. The van der Waals surface area contributed by atoms with Crippen molar-refractivity contribution in [1.29, 1.82) is 0 Å². The standard InChI is InChI=1S/C13H15F3N2O3/c1-8-9(11(19)20)3-4-10(17-8)18-6-5-12(7-18,21-2)13(14,15)16/h3-4H,5-7H2,1-2H3,(H,19,20). The molecule has 0 bridgehead atoms. The van der Waals surface area contributed by atoms with Crippen LogP contribution >= 0.6 is 0 Å². The molecule has 21 heavy (non-hydrogen) atoms. The van der Waals surface area contributed by atoms with Crippen molar-refractivity contribution in [3.63, 3.8) is 0 Å². The molecule has 1 saturated heterocycles. The van der Waals surface area contributed by atoms with Gasteiger partial charge in [-0.2, -0.15) is 13.2 Å². The van der Waals surface area contributed by atoms with Crippen molar-refractivity contribution in [1.82, 2.24) is 4.98 Å². The zero-order valence-corrected chi connectivity index (χ0v) is 11.6. The molecule has 1 aliphatic rings. The van der Waals surface area contributed by atoms with Crippen LogP contribution in [0.2, 0.25) is 0 Å². The second-order valence-electron chi connectivity index (χ2n) is 4.98. The number of hydrogen-bond acceptors (Lipinski definition) is 4. The van der Waals surface area contributed by atoms with Crippen molar-refractivity contribution in [3.05, 3.63) is 23.4 Å². The lowest BCUT2D eigenvalue weighted by atomic mass is 10.0. The summed E-state index contributed by atoms with van der Waals surface area (Å²) in [5.41, 5.74) is -1.90. The SMILES string of the molecule is COC1(C(F)(F)F)CCN(c2ccc(C(=O)O)c(C)n2)C1. The predicted molar refractivity (Wildman–Crippen MR) is 68.6 cm³/mol. The highest BCUT2D eigenvalue weighted by Gasteiger charge is 2.59. The Balaban J connectivity index is 2.26. The molecule has 2 rings (SSSR count). The highest BCUT2D eigenvalue weighted by atomic mass is 19.4. The van der Waals surface area contributed by atoms with Gasteiger partial charge in [-0.05, 0) is 19.1 Å². The quantitative estimate of drug-likeness (QED) is 0.928. The monoisotopic (exact) mass is 304 g/mol. The largest absolute Gasteiger partial charge is 0.478 e. The first-order valence-corrected chi connectivity index (χ1v) is 6.28. The summed E-state index contributed by atoms with van der Waals surface area (Å²) < 4.78 is 44.0. The van der Waals surface area contributed by atoms with Crippen LogP contribution in [0.3, 0.4) is 0 Å². The van der Waals surface area contributed by atoms with Crippen LogP contribution in [0.1, 0.15) is 22.5 Å². The Morgan fingerprint density at radius 2 is 2.14 bits per heavy atom. The van der Waals surface area contributed by atoms with E-state index in [2.05, 4.69) is 4.98 Å². The molecule has 1 N–H and O–H groups in total. The molecule has 0 radical (unpaired) electrons. The average molecular weight is 304 g/mol. The number of methoxy groups -OCH3 is 1. The third kappa shape index (κ3) is 2.67. The topological polar surface area (TPSA) is 62.7 Å². The van der Waals surface area contributed by atoms with Crippen molar-refractivity contribution in [2.75, 3.05) is 25.1 Å². The first kappa shape index (κ1) is 15.6. The summed E-state index contributed by atoms with van der Waals surface area (Å²) in [6.45, 7) is 1.30. The second kappa shape index (κ2) is 5.18. The number of carboxylic acids is 1. The molecular weight excluding hydrogens is 289 g/mol. The Labute approximate surface area is 119 Å². The van der Waals surface area contributed by atoms with Crippen LogP contribution in [0, 0.1) is 6.92 Å². The van der Waals surface area contributed by atoms with Gasteiger partial charge >= 0.3 is 12.1 Å². The van der Waals surface area contributed by atoms with E-state index in [0.717, 1.165) is 7.11 Å². The van der Waals surface area contributed by atoms with Gasteiger partial charge in [-0.1, -0.05) is 0 Å². The number of aromatic carboxylic acids is 1. The number of hydrogen-bond donors (Lipinski definition) is 1. The number of nitrogens with zero attached hydrogens (tertiary/aromatic N) is 2. The zero-order valence-electron chi connectivity index (χ0n) is 11.6. The van der Waals surface area contributed by atoms with E-state index in [-0.39, 0.29) is 30.8 Å². The first-order valence-electron chi connectivity index (χ1n) is 6.28. The van der Waals surface area contributed by atoms with E-state index >= 15 is 0 Å². The second-order valence-corrected chi connectivity index (χ2v) is 4.98. The normalized spacial score (nSPS) is 22.6. The van der Waals surface area contributed by atoms with Gasteiger partial charge in [0.2, 0.25) is 0 Å². The number of pyridine rings is 1. The maximum absolute atomic E-state index is 13.1. The molecule has 1 aromatic heterocycles. The number of halogens is 3. The summed E-state index contributed by atoms with van der Waals surface area (Å²) in [7, 11) is 1.04. The van der Waals surface area contributed by atoms with Crippen LogP contribution in [0.5, 0.6) is 0 Å². The minimum Gasteiger partial charge on any atom is -0.478 e. The minimum atomic E-state index is -4.47. The molecule has 1 unspecified atom stereocenters. The fraction of sp³-hybridized carbons (Fsp3) is 0.538. The van der Waals surface area contributed by atoms with E-state index < -0.39 is 17.7 Å². The van der Waals surface area contributed by atoms with Gasteiger partial charge in [0.25, 0.3) is 0 Å². The predicted octanol–water partition coefficient (Wildman–Crippen LogP) is 2.25. The van der Waals surface area contributed by atoms with Crippen LogP contribution in [0.25, 0.3) is 0 Å². The number of ether oxygens (including phenoxy) is 1. The summed E-state index contributed by atoms with van der Waals surface area (Å²) in [4.78, 5) is 16.4. The van der Waals surface area contributed by atoms with Gasteiger partial charge in [-0.25, -0.2) is 9.78 Å². The van der Waals surface area contributed by atoms with Crippen LogP contribution in [-0.4, -0.2) is 48.0 Å². The van der Waals surface area contributed by atoms with Gasteiger partial charge in [0, 0.05) is 20.1 Å². The van der Waals surface area contributed by atoms with Gasteiger partial charge < -0.3 is 14.7 Å². The van der Waals surface area contributed by atoms with Crippen molar-refractivity contribution in [3.8, 4) is 0 Å².